The van der Waals surface area contributed by atoms with Gasteiger partial charge in [-0.05, 0) is 29.8 Å². The molecule has 1 spiro atoms. The standard InChI is InChI=1S/C31H20N2O/c1-2-11-21-19(9-1)25-14-7-8-16-32(25)30-29(21)31(30)24-13-5-3-12-22(24)26-17-28-23(18-33(26)31)20-10-4-6-15-27(20)34-28/h1-18,29-30H/q+2. The summed E-state index contributed by atoms with van der Waals surface area (Å²) in [5.41, 5.74) is 9.83. The fraction of sp³-hybridized carbons (Fsp3) is 0.0968. The molecule has 34 heavy (non-hydrogen) atoms. The molecular formula is C31H20N2O+2. The molecule has 0 saturated heterocycles. The van der Waals surface area contributed by atoms with Gasteiger partial charge in [0.1, 0.15) is 17.1 Å². The van der Waals surface area contributed by atoms with Gasteiger partial charge in [-0.1, -0.05) is 54.6 Å². The number of nitrogens with zero attached hydrogens (tertiary/aromatic N) is 2. The van der Waals surface area contributed by atoms with Crippen LogP contribution in [0.15, 0.2) is 114 Å². The molecule has 0 radical (unpaired) electrons. The van der Waals surface area contributed by atoms with Crippen LogP contribution in [0.1, 0.15) is 23.1 Å². The van der Waals surface area contributed by atoms with Crippen molar-refractivity contribution in [3.05, 3.63) is 121 Å². The molecule has 5 heterocycles. The highest BCUT2D eigenvalue weighted by Crippen LogP contribution is 2.70. The topological polar surface area (TPSA) is 20.9 Å². The van der Waals surface area contributed by atoms with Crippen molar-refractivity contribution >= 4 is 21.9 Å². The SMILES string of the molecule is c1ccc2c(c1)-c1cccc[n+]1C1C2C12c1ccccc1-c1cc3oc4ccccc4c3c[n+]12. The van der Waals surface area contributed by atoms with Gasteiger partial charge >= 0.3 is 0 Å². The fourth-order valence-corrected chi connectivity index (χ4v) is 7.10. The van der Waals surface area contributed by atoms with Gasteiger partial charge in [0.15, 0.2) is 12.4 Å². The highest BCUT2D eigenvalue weighted by atomic mass is 16.3. The van der Waals surface area contributed by atoms with Crippen LogP contribution < -0.4 is 9.13 Å². The Balaban J connectivity index is 1.43. The summed E-state index contributed by atoms with van der Waals surface area (Å²) in [5, 5.41) is 2.36. The van der Waals surface area contributed by atoms with E-state index in [-0.39, 0.29) is 5.54 Å². The van der Waals surface area contributed by atoms with E-state index in [4.69, 9.17) is 4.42 Å². The molecule has 0 amide bonds. The monoisotopic (exact) mass is 436 g/mol. The number of rotatable bonds is 0. The first kappa shape index (κ1) is 17.3. The van der Waals surface area contributed by atoms with E-state index in [9.17, 15) is 0 Å². The van der Waals surface area contributed by atoms with Gasteiger partial charge in [-0.2, -0.15) is 9.13 Å². The number of hydrogen-bond donors (Lipinski definition) is 0. The Hall–Kier alpha value is -4.24. The molecule has 0 bridgehead atoms. The van der Waals surface area contributed by atoms with Gasteiger partial charge in [0.2, 0.25) is 17.4 Å². The summed E-state index contributed by atoms with van der Waals surface area (Å²) < 4.78 is 11.4. The molecule has 0 N–H and O–H groups in total. The lowest BCUT2D eigenvalue weighted by Gasteiger charge is -2.11. The second kappa shape index (κ2) is 5.63. The Labute approximate surface area is 196 Å². The zero-order valence-corrected chi connectivity index (χ0v) is 18.3. The molecule has 158 valence electrons. The maximum absolute atomic E-state index is 6.29. The lowest BCUT2D eigenvalue weighted by molar-refractivity contribution is -0.771. The molecule has 6 aromatic rings. The summed E-state index contributed by atoms with van der Waals surface area (Å²) in [6, 6.07) is 35.5. The van der Waals surface area contributed by atoms with Crippen molar-refractivity contribution in [2.45, 2.75) is 17.5 Å². The lowest BCUT2D eigenvalue weighted by Crippen LogP contribution is -2.50. The number of benzene rings is 3. The largest absolute Gasteiger partial charge is 0.456 e. The Bertz CT molecular complexity index is 1790. The first-order valence-electron chi connectivity index (χ1n) is 11.9. The van der Waals surface area contributed by atoms with E-state index in [1.165, 1.54) is 44.4 Å². The molecule has 3 unspecified atom stereocenters. The molecule has 3 atom stereocenters. The number of fused-ring (bicyclic) bond motifs is 16. The van der Waals surface area contributed by atoms with Crippen LogP contribution in [0.2, 0.25) is 0 Å². The minimum absolute atomic E-state index is 0.147. The first-order chi connectivity index (χ1) is 16.9. The minimum Gasteiger partial charge on any atom is -0.456 e. The molecule has 3 aliphatic rings. The van der Waals surface area contributed by atoms with Gasteiger partial charge in [0.25, 0.3) is 5.54 Å². The maximum Gasteiger partial charge on any atom is 0.269 e. The third-order valence-corrected chi connectivity index (χ3v) is 8.37. The van der Waals surface area contributed by atoms with Crippen LogP contribution >= 0.6 is 0 Å². The normalized spacial score (nSPS) is 22.8. The summed E-state index contributed by atoms with van der Waals surface area (Å²) in [6.45, 7) is 0. The van der Waals surface area contributed by atoms with Crippen LogP contribution in [0, 0.1) is 0 Å². The summed E-state index contributed by atoms with van der Waals surface area (Å²) >= 11 is 0. The van der Waals surface area contributed by atoms with E-state index < -0.39 is 0 Å². The molecule has 3 heteroatoms. The summed E-state index contributed by atoms with van der Waals surface area (Å²) in [4.78, 5) is 0. The van der Waals surface area contributed by atoms with Crippen LogP contribution in [0.3, 0.4) is 0 Å². The smallest absolute Gasteiger partial charge is 0.269 e. The highest BCUT2D eigenvalue weighted by Gasteiger charge is 2.86. The second-order valence-corrected chi connectivity index (χ2v) is 9.78. The zero-order valence-electron chi connectivity index (χ0n) is 18.3. The predicted octanol–water partition coefficient (Wildman–Crippen LogP) is 5.90. The Morgan fingerprint density at radius 1 is 0.676 bits per heavy atom. The molecule has 3 aromatic heterocycles. The van der Waals surface area contributed by atoms with Crippen molar-refractivity contribution in [2.24, 2.45) is 0 Å². The van der Waals surface area contributed by atoms with Crippen LogP contribution in [-0.4, -0.2) is 0 Å². The quantitative estimate of drug-likeness (QED) is 0.272. The first-order valence-corrected chi connectivity index (χ1v) is 11.9. The third-order valence-electron chi connectivity index (χ3n) is 8.37. The molecular weight excluding hydrogens is 416 g/mol. The van der Waals surface area contributed by atoms with E-state index in [0.29, 0.717) is 12.0 Å². The number of pyridine rings is 2. The van der Waals surface area contributed by atoms with E-state index in [0.717, 1.165) is 11.2 Å². The average molecular weight is 437 g/mol. The van der Waals surface area contributed by atoms with Crippen molar-refractivity contribution in [1.29, 1.82) is 0 Å². The predicted molar refractivity (Wildman–Crippen MR) is 130 cm³/mol. The van der Waals surface area contributed by atoms with Gasteiger partial charge < -0.3 is 4.42 Å². The third kappa shape index (κ3) is 1.78. The van der Waals surface area contributed by atoms with Crippen molar-refractivity contribution in [1.82, 2.24) is 0 Å². The van der Waals surface area contributed by atoms with Gasteiger partial charge in [-0.15, -0.1) is 0 Å². The van der Waals surface area contributed by atoms with Crippen molar-refractivity contribution in [3.63, 3.8) is 0 Å². The van der Waals surface area contributed by atoms with E-state index in [2.05, 4.69) is 113 Å². The van der Waals surface area contributed by atoms with Crippen LogP contribution in [-0.2, 0) is 5.54 Å². The molecule has 2 aliphatic heterocycles. The van der Waals surface area contributed by atoms with E-state index >= 15 is 0 Å². The summed E-state index contributed by atoms with van der Waals surface area (Å²) in [5.74, 6) is 0.381. The number of hydrogen-bond acceptors (Lipinski definition) is 1. The van der Waals surface area contributed by atoms with E-state index in [1.807, 2.05) is 6.07 Å². The molecule has 1 fully saturated rings. The van der Waals surface area contributed by atoms with Gasteiger partial charge in [-0.3, -0.25) is 0 Å². The average Bonchev–Trinajstić information content (AvgIpc) is 3.36. The van der Waals surface area contributed by atoms with E-state index in [1.54, 1.807) is 0 Å². The molecule has 1 saturated carbocycles. The molecule has 3 nitrogen and oxygen atoms in total. The van der Waals surface area contributed by atoms with Crippen molar-refractivity contribution in [2.75, 3.05) is 0 Å². The van der Waals surface area contributed by atoms with Crippen LogP contribution in [0.5, 0.6) is 0 Å². The second-order valence-electron chi connectivity index (χ2n) is 9.78. The van der Waals surface area contributed by atoms with Crippen molar-refractivity contribution < 1.29 is 13.6 Å². The van der Waals surface area contributed by atoms with Gasteiger partial charge in [-0.25, -0.2) is 0 Å². The minimum atomic E-state index is -0.147. The van der Waals surface area contributed by atoms with Gasteiger partial charge in [0.05, 0.1) is 22.6 Å². The lowest BCUT2D eigenvalue weighted by atomic mass is 9.93. The van der Waals surface area contributed by atoms with Crippen molar-refractivity contribution in [3.8, 4) is 22.5 Å². The highest BCUT2D eigenvalue weighted by molar-refractivity contribution is 6.04. The number of aromatic nitrogens is 2. The maximum atomic E-state index is 6.29. The Kier molecular flexibility index (Phi) is 2.86. The van der Waals surface area contributed by atoms with Crippen LogP contribution in [0.4, 0.5) is 0 Å². The van der Waals surface area contributed by atoms with Crippen LogP contribution in [0.25, 0.3) is 44.5 Å². The number of para-hydroxylation sites is 1. The molecule has 9 rings (SSSR count). The zero-order chi connectivity index (χ0) is 22.0. The summed E-state index contributed by atoms with van der Waals surface area (Å²) in [6.07, 6.45) is 4.63. The Morgan fingerprint density at radius 2 is 1.47 bits per heavy atom. The number of furan rings is 1. The van der Waals surface area contributed by atoms with Gasteiger partial charge in [0, 0.05) is 23.1 Å². The molecule has 3 aromatic carbocycles. The Morgan fingerprint density at radius 3 is 2.44 bits per heavy atom. The summed E-state index contributed by atoms with van der Waals surface area (Å²) in [7, 11) is 0. The fourth-order valence-electron chi connectivity index (χ4n) is 7.10. The molecule has 1 aliphatic carbocycles.